The van der Waals surface area contributed by atoms with Crippen LogP contribution in [0.15, 0.2) is 41.6 Å². The zero-order valence-electron chi connectivity index (χ0n) is 14.1. The summed E-state index contributed by atoms with van der Waals surface area (Å²) in [5.74, 6) is 0. The van der Waals surface area contributed by atoms with Gasteiger partial charge in [-0.05, 0) is 11.6 Å². The molecule has 1 saturated heterocycles. The summed E-state index contributed by atoms with van der Waals surface area (Å²) in [5, 5.41) is 3.89. The van der Waals surface area contributed by atoms with Gasteiger partial charge in [0.1, 0.15) is 4.90 Å². The summed E-state index contributed by atoms with van der Waals surface area (Å²) in [4.78, 5) is 2.09. The third-order valence-corrected chi connectivity index (χ3v) is 6.16. The Bertz CT molecular complexity index is 872. The summed E-state index contributed by atoms with van der Waals surface area (Å²) in [6.07, 6.45) is -1.61. The number of halogens is 3. The first-order chi connectivity index (χ1) is 12.2. The van der Waals surface area contributed by atoms with Gasteiger partial charge >= 0.3 is 6.18 Å². The zero-order valence-corrected chi connectivity index (χ0v) is 15.0. The Hall–Kier alpha value is -1.91. The van der Waals surface area contributed by atoms with Crippen LogP contribution in [-0.2, 0) is 29.8 Å². The number of aryl methyl sites for hydroxylation is 1. The van der Waals surface area contributed by atoms with Crippen molar-refractivity contribution >= 4 is 10.0 Å². The molecule has 1 aromatic carbocycles. The lowest BCUT2D eigenvalue weighted by Gasteiger charge is -2.33. The molecule has 0 saturated carbocycles. The lowest BCUT2D eigenvalue weighted by atomic mass is 10.1. The van der Waals surface area contributed by atoms with Gasteiger partial charge in [0, 0.05) is 46.0 Å². The Labute approximate surface area is 149 Å². The normalized spacial score (nSPS) is 17.5. The molecule has 0 bridgehead atoms. The topological polar surface area (TPSA) is 58.4 Å². The van der Waals surface area contributed by atoms with Crippen molar-refractivity contribution in [3.05, 3.63) is 47.8 Å². The van der Waals surface area contributed by atoms with Gasteiger partial charge in [-0.3, -0.25) is 9.58 Å². The summed E-state index contributed by atoms with van der Waals surface area (Å²) in [5.41, 5.74) is -0.115. The monoisotopic (exact) mass is 388 g/mol. The van der Waals surface area contributed by atoms with Gasteiger partial charge in [-0.25, -0.2) is 8.42 Å². The van der Waals surface area contributed by atoms with E-state index in [-0.39, 0.29) is 18.0 Å². The van der Waals surface area contributed by atoms with Crippen molar-refractivity contribution in [2.24, 2.45) is 7.05 Å². The summed E-state index contributed by atoms with van der Waals surface area (Å²) < 4.78 is 66.3. The molecule has 0 N–H and O–H groups in total. The molecule has 0 amide bonds. The van der Waals surface area contributed by atoms with Gasteiger partial charge < -0.3 is 0 Å². The third kappa shape index (κ3) is 4.08. The maximum absolute atomic E-state index is 12.8. The van der Waals surface area contributed by atoms with Gasteiger partial charge in [0.25, 0.3) is 0 Å². The van der Waals surface area contributed by atoms with E-state index >= 15 is 0 Å². The number of hydrogen-bond donors (Lipinski definition) is 0. The number of hydrogen-bond acceptors (Lipinski definition) is 4. The van der Waals surface area contributed by atoms with Crippen LogP contribution in [0.5, 0.6) is 0 Å². The minimum absolute atomic E-state index is 0.145. The van der Waals surface area contributed by atoms with Gasteiger partial charge in [0.15, 0.2) is 0 Å². The Balaban J connectivity index is 1.62. The van der Waals surface area contributed by atoms with Crippen LogP contribution in [0.3, 0.4) is 0 Å². The predicted octanol–water partition coefficient (Wildman–Crippen LogP) is 1.95. The number of benzene rings is 1. The Morgan fingerprint density at radius 1 is 1.15 bits per heavy atom. The Kier molecular flexibility index (Phi) is 5.09. The minimum atomic E-state index is -4.37. The van der Waals surface area contributed by atoms with E-state index < -0.39 is 21.8 Å². The Morgan fingerprint density at radius 2 is 1.85 bits per heavy atom. The summed E-state index contributed by atoms with van der Waals surface area (Å²) >= 11 is 0. The molecule has 6 nitrogen and oxygen atoms in total. The van der Waals surface area contributed by atoms with E-state index in [2.05, 4.69) is 5.10 Å². The van der Waals surface area contributed by atoms with Crippen LogP contribution in [0.4, 0.5) is 13.2 Å². The average Bonchev–Trinajstić information content (AvgIpc) is 3.02. The number of piperazine rings is 1. The standard InChI is InChI=1S/C16H19F3N4O2S/c1-21-12-15(10-20-21)26(24,25)23-7-5-22(6-8-23)11-13-3-2-4-14(9-13)16(17,18)19/h2-4,9-10,12H,5-8,11H2,1H3. The van der Waals surface area contributed by atoms with Crippen molar-refractivity contribution in [3.63, 3.8) is 0 Å². The lowest BCUT2D eigenvalue weighted by Crippen LogP contribution is -2.48. The SMILES string of the molecule is Cn1cc(S(=O)(=O)N2CCN(Cc3cccc(C(F)(F)F)c3)CC2)cn1. The van der Waals surface area contributed by atoms with E-state index in [0.717, 1.165) is 12.1 Å². The van der Waals surface area contributed by atoms with E-state index in [1.165, 1.54) is 27.4 Å². The first kappa shape index (κ1) is 18.9. The molecule has 142 valence electrons. The van der Waals surface area contributed by atoms with E-state index in [1.54, 1.807) is 13.1 Å². The molecular weight excluding hydrogens is 369 g/mol. The smallest absolute Gasteiger partial charge is 0.296 e. The van der Waals surface area contributed by atoms with E-state index in [1.807, 2.05) is 4.90 Å². The van der Waals surface area contributed by atoms with Gasteiger partial charge in [-0.15, -0.1) is 0 Å². The molecule has 0 unspecified atom stereocenters. The molecule has 3 rings (SSSR count). The van der Waals surface area contributed by atoms with Crippen LogP contribution in [0.2, 0.25) is 0 Å². The molecule has 2 heterocycles. The highest BCUT2D eigenvalue weighted by Crippen LogP contribution is 2.30. The fraction of sp³-hybridized carbons (Fsp3) is 0.438. The molecule has 2 aromatic rings. The van der Waals surface area contributed by atoms with Crippen LogP contribution in [0, 0.1) is 0 Å². The lowest BCUT2D eigenvalue weighted by molar-refractivity contribution is -0.137. The highest BCUT2D eigenvalue weighted by atomic mass is 32.2. The predicted molar refractivity (Wildman–Crippen MR) is 88.7 cm³/mol. The van der Waals surface area contributed by atoms with Crippen molar-refractivity contribution < 1.29 is 21.6 Å². The number of rotatable bonds is 4. The Morgan fingerprint density at radius 3 is 2.42 bits per heavy atom. The van der Waals surface area contributed by atoms with E-state index in [0.29, 0.717) is 25.2 Å². The molecule has 0 spiro atoms. The van der Waals surface area contributed by atoms with Crippen LogP contribution < -0.4 is 0 Å². The molecule has 1 aliphatic heterocycles. The van der Waals surface area contributed by atoms with Crippen molar-refractivity contribution in [1.29, 1.82) is 0 Å². The van der Waals surface area contributed by atoms with Crippen LogP contribution >= 0.6 is 0 Å². The van der Waals surface area contributed by atoms with Crippen LogP contribution in [0.1, 0.15) is 11.1 Å². The van der Waals surface area contributed by atoms with E-state index in [9.17, 15) is 21.6 Å². The number of aromatic nitrogens is 2. The van der Waals surface area contributed by atoms with Gasteiger partial charge in [0.2, 0.25) is 10.0 Å². The molecule has 10 heteroatoms. The second kappa shape index (κ2) is 7.01. The highest BCUT2D eigenvalue weighted by molar-refractivity contribution is 7.89. The van der Waals surface area contributed by atoms with Crippen molar-refractivity contribution in [2.45, 2.75) is 17.6 Å². The van der Waals surface area contributed by atoms with Crippen molar-refractivity contribution in [3.8, 4) is 0 Å². The van der Waals surface area contributed by atoms with Crippen LogP contribution in [-0.4, -0.2) is 53.6 Å². The van der Waals surface area contributed by atoms with Gasteiger partial charge in [-0.1, -0.05) is 18.2 Å². The largest absolute Gasteiger partial charge is 0.416 e. The summed E-state index contributed by atoms with van der Waals surface area (Å²) in [6.45, 7) is 1.84. The molecule has 26 heavy (non-hydrogen) atoms. The first-order valence-electron chi connectivity index (χ1n) is 8.03. The van der Waals surface area contributed by atoms with Crippen molar-refractivity contribution in [1.82, 2.24) is 19.0 Å². The van der Waals surface area contributed by atoms with E-state index in [4.69, 9.17) is 0 Å². The number of alkyl halides is 3. The molecule has 1 aliphatic rings. The van der Waals surface area contributed by atoms with Gasteiger partial charge in [-0.2, -0.15) is 22.6 Å². The molecule has 1 aromatic heterocycles. The number of nitrogens with zero attached hydrogens (tertiary/aromatic N) is 4. The molecule has 0 aliphatic carbocycles. The fourth-order valence-corrected chi connectivity index (χ4v) is 4.32. The summed E-state index contributed by atoms with van der Waals surface area (Å²) in [6, 6.07) is 5.22. The zero-order chi connectivity index (χ0) is 18.9. The maximum atomic E-state index is 12.8. The second-order valence-corrected chi connectivity index (χ2v) is 8.17. The minimum Gasteiger partial charge on any atom is -0.296 e. The fourth-order valence-electron chi connectivity index (χ4n) is 2.91. The number of sulfonamides is 1. The highest BCUT2D eigenvalue weighted by Gasteiger charge is 2.31. The molecule has 0 atom stereocenters. The maximum Gasteiger partial charge on any atom is 0.416 e. The quantitative estimate of drug-likeness (QED) is 0.803. The van der Waals surface area contributed by atoms with Crippen LogP contribution in [0.25, 0.3) is 0 Å². The molecular formula is C16H19F3N4O2S. The third-order valence-electron chi connectivity index (χ3n) is 4.31. The first-order valence-corrected chi connectivity index (χ1v) is 9.47. The average molecular weight is 388 g/mol. The molecule has 1 fully saturated rings. The summed E-state index contributed by atoms with van der Waals surface area (Å²) in [7, 11) is -1.94. The van der Waals surface area contributed by atoms with Crippen molar-refractivity contribution in [2.75, 3.05) is 26.2 Å². The molecule has 0 radical (unpaired) electrons. The second-order valence-electron chi connectivity index (χ2n) is 6.23. The van der Waals surface area contributed by atoms with Gasteiger partial charge in [0.05, 0.1) is 11.8 Å².